The third-order valence-electron chi connectivity index (χ3n) is 6.80. The quantitative estimate of drug-likeness (QED) is 0.367. The number of carbonyl (C=O) groups excluding carboxylic acids is 1. The van der Waals surface area contributed by atoms with Crippen LogP contribution >= 0.6 is 0 Å². The van der Waals surface area contributed by atoms with Gasteiger partial charge >= 0.3 is 5.91 Å². The molecule has 0 radical (unpaired) electrons. The topological polar surface area (TPSA) is 125 Å². The molecule has 5 rings (SSSR count). The summed E-state index contributed by atoms with van der Waals surface area (Å²) >= 11 is 0. The molecule has 2 atom stereocenters. The Labute approximate surface area is 196 Å². The molecule has 11 heteroatoms. The number of pyridine rings is 1. The van der Waals surface area contributed by atoms with Gasteiger partial charge in [-0.25, -0.2) is 23.3 Å². The van der Waals surface area contributed by atoms with E-state index in [-0.39, 0.29) is 21.9 Å². The summed E-state index contributed by atoms with van der Waals surface area (Å²) in [7, 11) is -4.12. The predicted octanol–water partition coefficient (Wildman–Crippen LogP) is 3.90. The van der Waals surface area contributed by atoms with Gasteiger partial charge in [-0.3, -0.25) is 14.7 Å². The highest BCUT2D eigenvalue weighted by Crippen LogP contribution is 2.39. The molecular weight excluding hydrogens is 463 g/mol. The van der Waals surface area contributed by atoms with Crippen LogP contribution in [0.3, 0.4) is 0 Å². The zero-order valence-corrected chi connectivity index (χ0v) is 19.1. The lowest BCUT2D eigenvalue weighted by Crippen LogP contribution is -2.42. The molecular formula is C23H25FN4O5S. The van der Waals surface area contributed by atoms with E-state index >= 15 is 0 Å². The van der Waals surface area contributed by atoms with Gasteiger partial charge in [-0.1, -0.05) is 19.3 Å². The molecule has 1 aromatic carbocycles. The van der Waals surface area contributed by atoms with Crippen molar-refractivity contribution in [2.75, 3.05) is 22.7 Å². The number of furan rings is 1. The maximum absolute atomic E-state index is 14.1. The van der Waals surface area contributed by atoms with E-state index in [9.17, 15) is 17.6 Å². The molecule has 2 aliphatic rings. The van der Waals surface area contributed by atoms with E-state index in [4.69, 9.17) is 9.62 Å². The van der Waals surface area contributed by atoms with Crippen molar-refractivity contribution in [2.45, 2.75) is 37.0 Å². The van der Waals surface area contributed by atoms with E-state index < -0.39 is 21.7 Å². The first-order valence-electron chi connectivity index (χ1n) is 11.3. The monoisotopic (exact) mass is 488 g/mol. The van der Waals surface area contributed by atoms with Crippen molar-refractivity contribution in [1.82, 2.24) is 10.5 Å². The number of hydrogen-bond donors (Lipinski definition) is 3. The fraction of sp³-hybridized carbons (Fsp3) is 0.391. The SMILES string of the molecule is O=C(NO)c1cc2ccc(S(=O)(=O)Nc3cc(F)cnc3N3CCC4CCCCC4C3)cc2o1. The number of anilines is 2. The van der Waals surface area contributed by atoms with Crippen LogP contribution < -0.4 is 15.1 Å². The number of fused-ring (bicyclic) bond motifs is 2. The molecule has 180 valence electrons. The first-order valence-corrected chi connectivity index (χ1v) is 12.7. The van der Waals surface area contributed by atoms with Crippen molar-refractivity contribution in [3.8, 4) is 0 Å². The van der Waals surface area contributed by atoms with Crippen LogP contribution in [0.5, 0.6) is 0 Å². The van der Waals surface area contributed by atoms with Gasteiger partial charge < -0.3 is 9.32 Å². The third-order valence-corrected chi connectivity index (χ3v) is 8.16. The number of sulfonamides is 1. The van der Waals surface area contributed by atoms with E-state index in [1.54, 1.807) is 0 Å². The van der Waals surface area contributed by atoms with Crippen molar-refractivity contribution < 1.29 is 27.2 Å². The average molecular weight is 489 g/mol. The lowest BCUT2D eigenvalue weighted by molar-refractivity contribution is 0.0678. The molecule has 2 aromatic heterocycles. The first kappa shape index (κ1) is 22.6. The average Bonchev–Trinajstić information content (AvgIpc) is 3.27. The van der Waals surface area contributed by atoms with Gasteiger partial charge in [-0.05, 0) is 42.9 Å². The highest BCUT2D eigenvalue weighted by molar-refractivity contribution is 7.92. The Bertz CT molecular complexity index is 1340. The number of benzene rings is 1. The largest absolute Gasteiger partial charge is 0.451 e. The minimum absolute atomic E-state index is 0.0779. The van der Waals surface area contributed by atoms with E-state index in [2.05, 4.69) is 9.71 Å². The van der Waals surface area contributed by atoms with E-state index in [0.29, 0.717) is 23.0 Å². The first-order chi connectivity index (χ1) is 16.3. The van der Waals surface area contributed by atoms with Crippen LogP contribution in [0.25, 0.3) is 11.0 Å². The van der Waals surface area contributed by atoms with Gasteiger partial charge in [0.1, 0.15) is 11.4 Å². The molecule has 34 heavy (non-hydrogen) atoms. The van der Waals surface area contributed by atoms with Gasteiger partial charge in [0.2, 0.25) is 0 Å². The highest BCUT2D eigenvalue weighted by Gasteiger charge is 2.33. The predicted molar refractivity (Wildman–Crippen MR) is 123 cm³/mol. The molecule has 3 aromatic rings. The van der Waals surface area contributed by atoms with Crippen molar-refractivity contribution in [1.29, 1.82) is 0 Å². The van der Waals surface area contributed by atoms with Crippen LogP contribution in [-0.4, -0.2) is 37.6 Å². The molecule has 3 N–H and O–H groups in total. The summed E-state index contributed by atoms with van der Waals surface area (Å²) in [5.74, 6) is -0.0299. The lowest BCUT2D eigenvalue weighted by atomic mass is 9.75. The molecule has 1 aliphatic heterocycles. The normalized spacial score (nSPS) is 20.7. The van der Waals surface area contributed by atoms with Crippen LogP contribution in [0, 0.1) is 17.7 Å². The molecule has 1 saturated carbocycles. The summed E-state index contributed by atoms with van der Waals surface area (Å²) in [5.41, 5.74) is 1.70. The molecule has 0 bridgehead atoms. The third kappa shape index (κ3) is 4.32. The molecule has 1 saturated heterocycles. The second-order valence-electron chi connectivity index (χ2n) is 8.92. The standard InChI is InChI=1S/C23H25FN4O5S/c24-17-10-19(22(25-12-17)28-8-7-14-3-1-2-4-16(14)13-28)27-34(31,32)18-6-5-15-9-21(23(29)26-30)33-20(15)11-18/h5-6,9-12,14,16,27,30H,1-4,7-8,13H2,(H,26,29). The smallest absolute Gasteiger partial charge is 0.310 e. The Morgan fingerprint density at radius 1 is 1.15 bits per heavy atom. The van der Waals surface area contributed by atoms with E-state index in [1.807, 2.05) is 4.90 Å². The maximum atomic E-state index is 14.1. The molecule has 9 nitrogen and oxygen atoms in total. The number of piperidine rings is 1. The Morgan fingerprint density at radius 2 is 1.94 bits per heavy atom. The second kappa shape index (κ2) is 8.88. The summed E-state index contributed by atoms with van der Waals surface area (Å²) in [5, 5.41) is 9.26. The maximum Gasteiger partial charge on any atom is 0.310 e. The van der Waals surface area contributed by atoms with Gasteiger partial charge in [-0.2, -0.15) is 0 Å². The minimum atomic E-state index is -4.12. The van der Waals surface area contributed by atoms with Gasteiger partial charge in [0.25, 0.3) is 10.0 Å². The summed E-state index contributed by atoms with van der Waals surface area (Å²) < 4.78 is 48.3. The van der Waals surface area contributed by atoms with Gasteiger partial charge in [-0.15, -0.1) is 0 Å². The Morgan fingerprint density at radius 3 is 2.74 bits per heavy atom. The molecule has 0 spiro atoms. The number of rotatable bonds is 5. The second-order valence-corrected chi connectivity index (χ2v) is 10.6. The zero-order chi connectivity index (χ0) is 23.9. The number of aromatic nitrogens is 1. The van der Waals surface area contributed by atoms with Crippen LogP contribution in [0.15, 0.2) is 45.8 Å². The fourth-order valence-electron chi connectivity index (χ4n) is 5.10. The van der Waals surface area contributed by atoms with Crippen LogP contribution in [0.4, 0.5) is 15.9 Å². The van der Waals surface area contributed by atoms with Crippen molar-refractivity contribution in [3.05, 3.63) is 48.1 Å². The number of nitrogens with zero attached hydrogens (tertiary/aromatic N) is 2. The summed E-state index contributed by atoms with van der Waals surface area (Å²) in [6.07, 6.45) is 6.93. The number of hydroxylamine groups is 1. The molecule has 2 unspecified atom stereocenters. The molecule has 3 heterocycles. The number of nitrogens with one attached hydrogen (secondary N) is 2. The number of carbonyl (C=O) groups is 1. The molecule has 1 amide bonds. The number of amides is 1. The van der Waals surface area contributed by atoms with Crippen molar-refractivity contribution in [2.24, 2.45) is 11.8 Å². The van der Waals surface area contributed by atoms with Gasteiger partial charge in [0.05, 0.1) is 16.8 Å². The lowest BCUT2D eigenvalue weighted by Gasteiger charge is -2.42. The van der Waals surface area contributed by atoms with E-state index in [0.717, 1.165) is 38.2 Å². The Hall–Kier alpha value is -3.18. The zero-order valence-electron chi connectivity index (χ0n) is 18.3. The Kier molecular flexibility index (Phi) is 5.90. The van der Waals surface area contributed by atoms with Crippen LogP contribution in [-0.2, 0) is 10.0 Å². The molecule has 1 aliphatic carbocycles. The molecule has 2 fully saturated rings. The summed E-state index contributed by atoms with van der Waals surface area (Å²) in [6.45, 7) is 1.51. The number of hydrogen-bond acceptors (Lipinski definition) is 7. The highest BCUT2D eigenvalue weighted by atomic mass is 32.2. The van der Waals surface area contributed by atoms with Crippen LogP contribution in [0.2, 0.25) is 0 Å². The fourth-order valence-corrected chi connectivity index (χ4v) is 6.17. The van der Waals surface area contributed by atoms with Gasteiger partial charge in [0, 0.05) is 30.6 Å². The van der Waals surface area contributed by atoms with Gasteiger partial charge in [0.15, 0.2) is 11.6 Å². The summed E-state index contributed by atoms with van der Waals surface area (Å²) in [4.78, 5) is 17.7. The van der Waals surface area contributed by atoms with E-state index in [1.165, 1.54) is 49.0 Å². The van der Waals surface area contributed by atoms with Crippen molar-refractivity contribution in [3.63, 3.8) is 0 Å². The Balaban J connectivity index is 1.43. The van der Waals surface area contributed by atoms with Crippen LogP contribution in [0.1, 0.15) is 42.7 Å². The van der Waals surface area contributed by atoms with Crippen molar-refractivity contribution >= 4 is 38.4 Å². The number of halogens is 1. The summed E-state index contributed by atoms with van der Waals surface area (Å²) in [6, 6.07) is 6.64. The minimum Gasteiger partial charge on any atom is -0.451 e.